The number of rotatable bonds is 2. The number of hydrogen-bond acceptors (Lipinski definition) is 2. The van der Waals surface area contributed by atoms with Crippen molar-refractivity contribution in [2.45, 2.75) is 57.5 Å². The molecule has 86 valence electrons. The molecule has 2 unspecified atom stereocenters. The first-order valence-corrected chi connectivity index (χ1v) is 6.18. The Morgan fingerprint density at radius 3 is 2.40 bits per heavy atom. The average Bonchev–Trinajstić information content (AvgIpc) is 2.61. The lowest BCUT2D eigenvalue weighted by atomic mass is 9.93. The van der Waals surface area contributed by atoms with Crippen molar-refractivity contribution < 1.29 is 9.90 Å². The summed E-state index contributed by atoms with van der Waals surface area (Å²) in [5.41, 5.74) is 0. The predicted octanol–water partition coefficient (Wildman–Crippen LogP) is 2.11. The zero-order valence-electron chi connectivity index (χ0n) is 9.48. The second kappa shape index (κ2) is 4.52. The molecule has 0 bridgehead atoms. The first kappa shape index (κ1) is 10.9. The van der Waals surface area contributed by atoms with Crippen LogP contribution in [0.3, 0.4) is 0 Å². The maximum atomic E-state index is 11.0. The summed E-state index contributed by atoms with van der Waals surface area (Å²) >= 11 is 0. The number of aliphatic carboxylic acids is 1. The van der Waals surface area contributed by atoms with Gasteiger partial charge in [0.1, 0.15) is 0 Å². The van der Waals surface area contributed by atoms with Crippen molar-refractivity contribution in [1.29, 1.82) is 0 Å². The molecular weight excluding hydrogens is 190 g/mol. The van der Waals surface area contributed by atoms with Crippen LogP contribution in [0.2, 0.25) is 0 Å². The van der Waals surface area contributed by atoms with Crippen LogP contribution in [-0.4, -0.2) is 34.6 Å². The van der Waals surface area contributed by atoms with Crippen LogP contribution in [0.25, 0.3) is 0 Å². The molecule has 2 rings (SSSR count). The van der Waals surface area contributed by atoms with Crippen LogP contribution in [0, 0.1) is 5.92 Å². The van der Waals surface area contributed by atoms with Gasteiger partial charge in [-0.15, -0.1) is 0 Å². The van der Waals surface area contributed by atoms with Gasteiger partial charge in [-0.1, -0.05) is 19.3 Å². The van der Waals surface area contributed by atoms with Gasteiger partial charge in [0, 0.05) is 12.1 Å². The van der Waals surface area contributed by atoms with Crippen molar-refractivity contribution in [3.63, 3.8) is 0 Å². The van der Waals surface area contributed by atoms with Gasteiger partial charge in [-0.05, 0) is 32.7 Å². The molecule has 1 aliphatic heterocycles. The maximum Gasteiger partial charge on any atom is 0.308 e. The van der Waals surface area contributed by atoms with E-state index in [1.807, 2.05) is 0 Å². The molecule has 0 aromatic carbocycles. The van der Waals surface area contributed by atoms with Gasteiger partial charge in [0.25, 0.3) is 0 Å². The Labute approximate surface area is 91.5 Å². The molecule has 15 heavy (non-hydrogen) atoms. The molecule has 0 aromatic rings. The molecule has 3 heteroatoms. The molecule has 3 nitrogen and oxygen atoms in total. The molecular formula is C12H21NO2. The average molecular weight is 211 g/mol. The first-order chi connectivity index (χ1) is 7.20. The van der Waals surface area contributed by atoms with Crippen molar-refractivity contribution in [3.05, 3.63) is 0 Å². The topological polar surface area (TPSA) is 40.5 Å². The Kier molecular flexibility index (Phi) is 3.29. The standard InChI is InChI=1S/C12H21NO2/c1-9-11(12(14)15)7-8-13(9)10-5-3-2-4-6-10/h9-11H,2-8H2,1H3,(H,14,15). The zero-order chi connectivity index (χ0) is 10.8. The summed E-state index contributed by atoms with van der Waals surface area (Å²) in [5.74, 6) is -0.743. The second-order valence-electron chi connectivity index (χ2n) is 5.00. The summed E-state index contributed by atoms with van der Waals surface area (Å²) in [6, 6.07) is 0.906. The fraction of sp³-hybridized carbons (Fsp3) is 0.917. The van der Waals surface area contributed by atoms with Gasteiger partial charge in [0.2, 0.25) is 0 Å². The highest BCUT2D eigenvalue weighted by Crippen LogP contribution is 2.32. The van der Waals surface area contributed by atoms with Crippen molar-refractivity contribution >= 4 is 5.97 Å². The Balaban J connectivity index is 1.96. The van der Waals surface area contributed by atoms with E-state index in [2.05, 4.69) is 11.8 Å². The minimum absolute atomic E-state index is 0.132. The van der Waals surface area contributed by atoms with Crippen LogP contribution in [0.1, 0.15) is 45.4 Å². The summed E-state index contributed by atoms with van der Waals surface area (Å²) in [6.45, 7) is 3.07. The monoisotopic (exact) mass is 211 g/mol. The number of carbonyl (C=O) groups is 1. The lowest BCUT2D eigenvalue weighted by Gasteiger charge is -2.34. The smallest absolute Gasteiger partial charge is 0.308 e. The van der Waals surface area contributed by atoms with Crippen LogP contribution in [-0.2, 0) is 4.79 Å². The molecule has 1 N–H and O–H groups in total. The van der Waals surface area contributed by atoms with Crippen molar-refractivity contribution in [2.24, 2.45) is 5.92 Å². The highest BCUT2D eigenvalue weighted by molar-refractivity contribution is 5.71. The van der Waals surface area contributed by atoms with E-state index < -0.39 is 5.97 Å². The van der Waals surface area contributed by atoms with Crippen LogP contribution in [0.4, 0.5) is 0 Å². The third-order valence-electron chi connectivity index (χ3n) is 4.16. The van der Waals surface area contributed by atoms with Gasteiger partial charge >= 0.3 is 5.97 Å². The fourth-order valence-corrected chi connectivity index (χ4v) is 3.22. The van der Waals surface area contributed by atoms with Crippen LogP contribution in [0.5, 0.6) is 0 Å². The van der Waals surface area contributed by atoms with Gasteiger partial charge in [-0.3, -0.25) is 9.69 Å². The second-order valence-corrected chi connectivity index (χ2v) is 5.00. The van der Waals surface area contributed by atoms with E-state index in [0.717, 1.165) is 13.0 Å². The van der Waals surface area contributed by atoms with Crippen molar-refractivity contribution in [2.75, 3.05) is 6.54 Å². The quantitative estimate of drug-likeness (QED) is 0.760. The number of nitrogens with zero attached hydrogens (tertiary/aromatic N) is 1. The molecule has 1 saturated heterocycles. The Hall–Kier alpha value is -0.570. The van der Waals surface area contributed by atoms with Gasteiger partial charge in [0.15, 0.2) is 0 Å². The predicted molar refractivity (Wildman–Crippen MR) is 58.8 cm³/mol. The Bertz CT molecular complexity index is 236. The normalized spacial score (nSPS) is 34.5. The zero-order valence-corrected chi connectivity index (χ0v) is 9.48. The van der Waals surface area contributed by atoms with E-state index in [0.29, 0.717) is 6.04 Å². The van der Waals surface area contributed by atoms with Gasteiger partial charge < -0.3 is 5.11 Å². The lowest BCUT2D eigenvalue weighted by molar-refractivity contribution is -0.142. The van der Waals surface area contributed by atoms with Gasteiger partial charge in [-0.2, -0.15) is 0 Å². The van der Waals surface area contributed by atoms with Gasteiger partial charge in [0.05, 0.1) is 5.92 Å². The summed E-state index contributed by atoms with van der Waals surface area (Å²) in [5, 5.41) is 9.07. The van der Waals surface area contributed by atoms with E-state index in [-0.39, 0.29) is 12.0 Å². The summed E-state index contributed by atoms with van der Waals surface area (Å²) in [7, 11) is 0. The maximum absolute atomic E-state index is 11.0. The third kappa shape index (κ3) is 2.17. The van der Waals surface area contributed by atoms with Crippen LogP contribution >= 0.6 is 0 Å². The number of hydrogen-bond donors (Lipinski definition) is 1. The first-order valence-electron chi connectivity index (χ1n) is 6.18. The molecule has 2 aliphatic rings. The molecule has 0 amide bonds. The van der Waals surface area contributed by atoms with E-state index in [4.69, 9.17) is 5.11 Å². The summed E-state index contributed by atoms with van der Waals surface area (Å²) in [4.78, 5) is 13.5. The molecule has 0 spiro atoms. The lowest BCUT2D eigenvalue weighted by Crippen LogP contribution is -2.41. The fourth-order valence-electron chi connectivity index (χ4n) is 3.22. The van der Waals surface area contributed by atoms with Gasteiger partial charge in [-0.25, -0.2) is 0 Å². The molecule has 1 saturated carbocycles. The van der Waals surface area contributed by atoms with Crippen LogP contribution < -0.4 is 0 Å². The molecule has 2 atom stereocenters. The molecule has 1 heterocycles. The van der Waals surface area contributed by atoms with E-state index in [1.54, 1.807) is 0 Å². The van der Waals surface area contributed by atoms with Crippen LogP contribution in [0.15, 0.2) is 0 Å². The summed E-state index contributed by atoms with van der Waals surface area (Å²) in [6.07, 6.45) is 7.40. The molecule has 1 aliphatic carbocycles. The molecule has 0 aromatic heterocycles. The SMILES string of the molecule is CC1C(C(=O)O)CCN1C1CCCCC1. The van der Waals surface area contributed by atoms with Crippen molar-refractivity contribution in [3.8, 4) is 0 Å². The summed E-state index contributed by atoms with van der Waals surface area (Å²) < 4.78 is 0. The number of likely N-dealkylation sites (tertiary alicyclic amines) is 1. The number of carboxylic acids is 1. The van der Waals surface area contributed by atoms with E-state index in [1.165, 1.54) is 32.1 Å². The minimum Gasteiger partial charge on any atom is -0.481 e. The largest absolute Gasteiger partial charge is 0.481 e. The third-order valence-corrected chi connectivity index (χ3v) is 4.16. The molecule has 2 fully saturated rings. The minimum atomic E-state index is -0.610. The molecule has 0 radical (unpaired) electrons. The van der Waals surface area contributed by atoms with E-state index in [9.17, 15) is 4.79 Å². The highest BCUT2D eigenvalue weighted by Gasteiger charge is 2.38. The number of carboxylic acid groups (broad SMARTS) is 1. The van der Waals surface area contributed by atoms with E-state index >= 15 is 0 Å². The Morgan fingerprint density at radius 2 is 1.87 bits per heavy atom. The highest BCUT2D eigenvalue weighted by atomic mass is 16.4. The Morgan fingerprint density at radius 1 is 1.20 bits per heavy atom. The van der Waals surface area contributed by atoms with Crippen molar-refractivity contribution in [1.82, 2.24) is 4.90 Å².